The third kappa shape index (κ3) is 3.04. The standard InChI is InChI=1S/C12H14N6OS/c1-6-4-2-3-5-7(6)15-12(20)16-8-9(13)17-11(14)18-10(8)19/h2-5H,1H3,(H2,15,16,20)(H5,13,14,17,18,19). The Balaban J connectivity index is 2.17. The number of hydrogen-bond donors (Lipinski definition) is 5. The number of aromatic amines is 1. The summed E-state index contributed by atoms with van der Waals surface area (Å²) < 4.78 is 0. The topological polar surface area (TPSA) is 122 Å². The molecular weight excluding hydrogens is 276 g/mol. The molecule has 0 aliphatic carbocycles. The first-order chi connectivity index (χ1) is 9.47. The number of anilines is 4. The maximum Gasteiger partial charge on any atom is 0.278 e. The molecule has 0 bridgehead atoms. The van der Waals surface area contributed by atoms with Crippen LogP contribution in [0, 0.1) is 6.92 Å². The van der Waals surface area contributed by atoms with Gasteiger partial charge >= 0.3 is 0 Å². The lowest BCUT2D eigenvalue weighted by Gasteiger charge is -2.12. The van der Waals surface area contributed by atoms with E-state index in [2.05, 4.69) is 20.6 Å². The highest BCUT2D eigenvalue weighted by atomic mass is 32.1. The Hall–Kier alpha value is -2.61. The number of nitrogens with zero attached hydrogens (tertiary/aromatic N) is 1. The van der Waals surface area contributed by atoms with Gasteiger partial charge in [0.1, 0.15) is 5.69 Å². The predicted octanol–water partition coefficient (Wildman–Crippen LogP) is 1.05. The quantitative estimate of drug-likeness (QED) is 0.524. The van der Waals surface area contributed by atoms with Crippen LogP contribution in [0.4, 0.5) is 23.1 Å². The van der Waals surface area contributed by atoms with E-state index in [1.807, 2.05) is 31.2 Å². The second kappa shape index (κ2) is 5.57. The fraction of sp³-hybridized carbons (Fsp3) is 0.0833. The van der Waals surface area contributed by atoms with Crippen molar-refractivity contribution < 1.29 is 0 Å². The van der Waals surface area contributed by atoms with E-state index in [-0.39, 0.29) is 22.6 Å². The lowest BCUT2D eigenvalue weighted by Crippen LogP contribution is -2.26. The first-order valence-corrected chi connectivity index (χ1v) is 6.17. The van der Waals surface area contributed by atoms with E-state index in [4.69, 9.17) is 23.7 Å². The molecule has 0 radical (unpaired) electrons. The number of aryl methyl sites for hydroxylation is 1. The first-order valence-electron chi connectivity index (χ1n) is 5.76. The minimum atomic E-state index is -0.482. The number of para-hydroxylation sites is 1. The average molecular weight is 290 g/mol. The number of benzene rings is 1. The number of rotatable bonds is 2. The number of thiocarbonyl (C=S) groups is 1. The average Bonchev–Trinajstić information content (AvgIpc) is 2.36. The molecule has 104 valence electrons. The molecule has 8 heteroatoms. The second-order valence-electron chi connectivity index (χ2n) is 4.11. The lowest BCUT2D eigenvalue weighted by molar-refractivity contribution is 1.15. The Morgan fingerprint density at radius 3 is 2.65 bits per heavy atom. The van der Waals surface area contributed by atoms with Crippen LogP contribution >= 0.6 is 12.2 Å². The molecule has 0 spiro atoms. The first kappa shape index (κ1) is 13.8. The fourth-order valence-corrected chi connectivity index (χ4v) is 1.82. The smallest absolute Gasteiger partial charge is 0.278 e. The summed E-state index contributed by atoms with van der Waals surface area (Å²) in [6.07, 6.45) is 0. The van der Waals surface area contributed by atoms with Crippen molar-refractivity contribution >= 4 is 40.5 Å². The molecule has 0 aliphatic heterocycles. The third-order valence-electron chi connectivity index (χ3n) is 2.60. The van der Waals surface area contributed by atoms with Crippen molar-refractivity contribution in [2.24, 2.45) is 0 Å². The van der Waals surface area contributed by atoms with E-state index >= 15 is 0 Å². The number of aromatic nitrogens is 2. The number of nitrogens with one attached hydrogen (secondary N) is 3. The molecule has 1 aromatic heterocycles. The fourth-order valence-electron chi connectivity index (χ4n) is 1.61. The van der Waals surface area contributed by atoms with Crippen molar-refractivity contribution in [1.82, 2.24) is 9.97 Å². The summed E-state index contributed by atoms with van der Waals surface area (Å²) in [6.45, 7) is 1.94. The van der Waals surface area contributed by atoms with E-state index in [0.717, 1.165) is 11.3 Å². The summed E-state index contributed by atoms with van der Waals surface area (Å²) in [6, 6.07) is 7.61. The minimum absolute atomic E-state index is 0.0137. The van der Waals surface area contributed by atoms with E-state index in [0.29, 0.717) is 0 Å². The van der Waals surface area contributed by atoms with Gasteiger partial charge in [-0.25, -0.2) is 0 Å². The van der Waals surface area contributed by atoms with Crippen LogP contribution in [-0.2, 0) is 0 Å². The van der Waals surface area contributed by atoms with Gasteiger partial charge in [0, 0.05) is 5.69 Å². The summed E-state index contributed by atoms with van der Waals surface area (Å²) in [5, 5.41) is 5.93. The molecule has 2 rings (SSSR count). The SMILES string of the molecule is Cc1ccccc1NC(=S)Nc1c(N)nc(N)[nH]c1=O. The molecule has 1 aromatic carbocycles. The summed E-state index contributed by atoms with van der Waals surface area (Å²) in [5.74, 6) is -0.0592. The third-order valence-corrected chi connectivity index (χ3v) is 2.80. The molecule has 0 saturated heterocycles. The van der Waals surface area contributed by atoms with Gasteiger partial charge in [0.25, 0.3) is 5.56 Å². The highest BCUT2D eigenvalue weighted by Gasteiger charge is 2.09. The van der Waals surface area contributed by atoms with Crippen molar-refractivity contribution in [2.75, 3.05) is 22.1 Å². The van der Waals surface area contributed by atoms with Gasteiger partial charge in [-0.05, 0) is 30.8 Å². The molecule has 0 saturated carbocycles. The van der Waals surface area contributed by atoms with Crippen molar-refractivity contribution in [2.45, 2.75) is 6.92 Å². The van der Waals surface area contributed by atoms with Crippen LogP contribution in [0.25, 0.3) is 0 Å². The molecule has 0 aliphatic rings. The van der Waals surface area contributed by atoms with Gasteiger partial charge in [-0.3, -0.25) is 9.78 Å². The van der Waals surface area contributed by atoms with E-state index < -0.39 is 5.56 Å². The largest absolute Gasteiger partial charge is 0.382 e. The van der Waals surface area contributed by atoms with Crippen LogP contribution in [-0.4, -0.2) is 15.1 Å². The Labute approximate surface area is 120 Å². The summed E-state index contributed by atoms with van der Waals surface area (Å²) in [5.41, 5.74) is 12.4. The molecular formula is C12H14N6OS. The van der Waals surface area contributed by atoms with Gasteiger partial charge in [-0.15, -0.1) is 0 Å². The van der Waals surface area contributed by atoms with Crippen LogP contribution in [0.3, 0.4) is 0 Å². The van der Waals surface area contributed by atoms with Gasteiger partial charge < -0.3 is 22.1 Å². The van der Waals surface area contributed by atoms with Gasteiger partial charge in [0.2, 0.25) is 5.95 Å². The van der Waals surface area contributed by atoms with Crippen LogP contribution in [0.5, 0.6) is 0 Å². The zero-order valence-corrected chi connectivity index (χ0v) is 11.5. The van der Waals surface area contributed by atoms with Crippen LogP contribution in [0.1, 0.15) is 5.56 Å². The zero-order chi connectivity index (χ0) is 14.7. The van der Waals surface area contributed by atoms with Gasteiger partial charge in [-0.2, -0.15) is 4.98 Å². The monoisotopic (exact) mass is 290 g/mol. The Morgan fingerprint density at radius 1 is 1.30 bits per heavy atom. The van der Waals surface area contributed by atoms with Crippen molar-refractivity contribution in [3.63, 3.8) is 0 Å². The maximum atomic E-state index is 11.7. The Morgan fingerprint density at radius 2 is 2.00 bits per heavy atom. The lowest BCUT2D eigenvalue weighted by atomic mass is 10.2. The molecule has 7 N–H and O–H groups in total. The summed E-state index contributed by atoms with van der Waals surface area (Å²) in [4.78, 5) is 17.8. The molecule has 7 nitrogen and oxygen atoms in total. The normalized spacial score (nSPS) is 10.1. The zero-order valence-electron chi connectivity index (χ0n) is 10.7. The summed E-state index contributed by atoms with van der Waals surface area (Å²) >= 11 is 5.14. The number of hydrogen-bond acceptors (Lipinski definition) is 5. The highest BCUT2D eigenvalue weighted by Crippen LogP contribution is 2.15. The molecule has 2 aromatic rings. The van der Waals surface area contributed by atoms with E-state index in [9.17, 15) is 4.79 Å². The highest BCUT2D eigenvalue weighted by molar-refractivity contribution is 7.80. The minimum Gasteiger partial charge on any atom is -0.382 e. The molecule has 0 unspecified atom stereocenters. The van der Waals surface area contributed by atoms with Gasteiger partial charge in [-0.1, -0.05) is 18.2 Å². The van der Waals surface area contributed by atoms with Crippen molar-refractivity contribution in [1.29, 1.82) is 0 Å². The molecule has 1 heterocycles. The van der Waals surface area contributed by atoms with Crippen LogP contribution < -0.4 is 27.7 Å². The maximum absolute atomic E-state index is 11.7. The Bertz CT molecular complexity index is 711. The molecule has 0 atom stereocenters. The number of nitrogens with two attached hydrogens (primary N) is 2. The molecule has 0 amide bonds. The van der Waals surface area contributed by atoms with Crippen LogP contribution in [0.2, 0.25) is 0 Å². The van der Waals surface area contributed by atoms with Crippen molar-refractivity contribution in [3.05, 3.63) is 40.2 Å². The summed E-state index contributed by atoms with van der Waals surface area (Å²) in [7, 11) is 0. The van der Waals surface area contributed by atoms with Gasteiger partial charge in [0.15, 0.2) is 10.9 Å². The number of H-pyrrole nitrogens is 1. The Kier molecular flexibility index (Phi) is 3.85. The van der Waals surface area contributed by atoms with E-state index in [1.165, 1.54) is 0 Å². The second-order valence-corrected chi connectivity index (χ2v) is 4.51. The van der Waals surface area contributed by atoms with E-state index in [1.54, 1.807) is 0 Å². The molecule has 20 heavy (non-hydrogen) atoms. The van der Waals surface area contributed by atoms with Gasteiger partial charge in [0.05, 0.1) is 0 Å². The molecule has 0 fully saturated rings. The van der Waals surface area contributed by atoms with Crippen LogP contribution in [0.15, 0.2) is 29.1 Å². The predicted molar refractivity (Wildman–Crippen MR) is 84.7 cm³/mol. The number of nitrogen functional groups attached to an aromatic ring is 2. The van der Waals surface area contributed by atoms with Crippen molar-refractivity contribution in [3.8, 4) is 0 Å².